The number of hydrogen-bond donors (Lipinski definition) is 0. The van der Waals surface area contributed by atoms with Crippen molar-refractivity contribution in [3.05, 3.63) is 117 Å². The molecule has 0 N–H and O–H groups in total. The van der Waals surface area contributed by atoms with Crippen molar-refractivity contribution < 1.29 is 0 Å². The van der Waals surface area contributed by atoms with Crippen molar-refractivity contribution in [1.29, 1.82) is 15.8 Å². The molecule has 0 aliphatic carbocycles. The van der Waals surface area contributed by atoms with Crippen molar-refractivity contribution in [3.8, 4) is 30.6 Å². The van der Waals surface area contributed by atoms with Crippen LogP contribution in [0.5, 0.6) is 0 Å². The molecule has 0 aromatic heterocycles. The molecule has 144 valence electrons. The summed E-state index contributed by atoms with van der Waals surface area (Å²) < 4.78 is 0. The third-order valence-electron chi connectivity index (χ3n) is 4.97. The average molecular weight is 395 g/mol. The second-order valence-electron chi connectivity index (χ2n) is 6.86. The van der Waals surface area contributed by atoms with Gasteiger partial charge in [0.05, 0.1) is 28.8 Å². The van der Waals surface area contributed by atoms with Crippen molar-refractivity contribution in [1.82, 2.24) is 0 Å². The lowest BCUT2D eigenvalue weighted by Crippen LogP contribution is -2.21. The van der Waals surface area contributed by atoms with Gasteiger partial charge in [-0.1, -0.05) is 60.5 Å². The Morgan fingerprint density at radius 2 is 1.45 bits per heavy atom. The van der Waals surface area contributed by atoms with Crippen LogP contribution in [0.3, 0.4) is 0 Å². The number of nitriles is 3. The Kier molecular flexibility index (Phi) is 6.14. The van der Waals surface area contributed by atoms with Gasteiger partial charge in [0.15, 0.2) is 0 Å². The van der Waals surface area contributed by atoms with Gasteiger partial charge in [0.25, 0.3) is 0 Å². The molecule has 0 saturated heterocycles. The molecule has 0 bridgehead atoms. The minimum atomic E-state index is 0.319. The second kappa shape index (κ2) is 9.11. The molecule has 0 atom stereocenters. The van der Waals surface area contributed by atoms with Crippen molar-refractivity contribution in [3.63, 3.8) is 0 Å². The van der Waals surface area contributed by atoms with Crippen LogP contribution < -0.4 is 10.4 Å². The van der Waals surface area contributed by atoms with E-state index in [0.29, 0.717) is 38.3 Å². The Hall–Kier alpha value is -4.83. The van der Waals surface area contributed by atoms with Crippen LogP contribution >= 0.6 is 0 Å². The van der Waals surface area contributed by atoms with E-state index in [4.69, 9.17) is 11.7 Å². The first kappa shape index (κ1) is 20.9. The zero-order valence-corrected chi connectivity index (χ0v) is 17.0. The second-order valence-corrected chi connectivity index (χ2v) is 6.86. The molecule has 0 aliphatic heterocycles. The molecule has 3 nitrogen and oxygen atoms in total. The topological polar surface area (TPSA) is 71.4 Å². The van der Waals surface area contributed by atoms with Gasteiger partial charge in [-0.3, -0.25) is 0 Å². The standard InChI is InChI=1S/C28H17N3/c1-4-21-14-27(28(18-31)23-12-8-20(16-29)9-13-23)24(17-30)15-26(21)25(5-2)22-10-6-19(3)7-11-22/h1,5-15H,2H2,3H3/b26-25+,28-27+. The summed E-state index contributed by atoms with van der Waals surface area (Å²) in [6, 6.07) is 24.5. The molecule has 3 heteroatoms. The maximum absolute atomic E-state index is 9.84. The Morgan fingerprint density at radius 3 is 1.97 bits per heavy atom. The van der Waals surface area contributed by atoms with Gasteiger partial charge in [-0.25, -0.2) is 0 Å². The van der Waals surface area contributed by atoms with Crippen LogP contribution in [0.1, 0.15) is 33.4 Å². The fraction of sp³-hybridized carbons (Fsp3) is 0.0357. The smallest absolute Gasteiger partial charge is 0.100 e. The van der Waals surface area contributed by atoms with E-state index in [1.807, 2.05) is 31.2 Å². The quantitative estimate of drug-likeness (QED) is 0.633. The van der Waals surface area contributed by atoms with Crippen LogP contribution in [-0.2, 0) is 0 Å². The van der Waals surface area contributed by atoms with Crippen molar-refractivity contribution in [2.75, 3.05) is 0 Å². The molecule has 0 spiro atoms. The SMILES string of the molecule is C#Cc1c/c(=C(/C#N)c2ccc(C#N)cc2)c(C#N)c/c1=C(/C=C)c1ccc(C)cc1. The number of aryl methyl sites for hydroxylation is 1. The number of benzene rings is 3. The van der Waals surface area contributed by atoms with Gasteiger partial charge in [0, 0.05) is 10.8 Å². The van der Waals surface area contributed by atoms with Crippen LogP contribution in [0.25, 0.3) is 11.1 Å². The van der Waals surface area contributed by atoms with Gasteiger partial charge >= 0.3 is 0 Å². The first-order valence-corrected chi connectivity index (χ1v) is 9.45. The molecular formula is C28H17N3. The Bertz CT molecular complexity index is 1460. The Labute approximate surface area is 181 Å². The monoisotopic (exact) mass is 395 g/mol. The lowest BCUT2D eigenvalue weighted by Gasteiger charge is -2.08. The number of rotatable bonds is 3. The zero-order valence-electron chi connectivity index (χ0n) is 17.0. The lowest BCUT2D eigenvalue weighted by atomic mass is 9.94. The number of nitrogens with zero attached hydrogens (tertiary/aromatic N) is 3. The molecule has 0 heterocycles. The van der Waals surface area contributed by atoms with Crippen molar-refractivity contribution in [2.24, 2.45) is 0 Å². The van der Waals surface area contributed by atoms with Crippen molar-refractivity contribution in [2.45, 2.75) is 6.92 Å². The average Bonchev–Trinajstić information content (AvgIpc) is 2.81. The summed E-state index contributed by atoms with van der Waals surface area (Å²) in [6.07, 6.45) is 7.53. The highest BCUT2D eigenvalue weighted by Gasteiger charge is 2.10. The van der Waals surface area contributed by atoms with Gasteiger partial charge in [-0.2, -0.15) is 15.8 Å². The first-order valence-electron chi connectivity index (χ1n) is 9.45. The summed E-state index contributed by atoms with van der Waals surface area (Å²) in [6.45, 7) is 5.94. The summed E-state index contributed by atoms with van der Waals surface area (Å²) in [5.41, 5.74) is 5.20. The maximum atomic E-state index is 9.84. The Morgan fingerprint density at radius 1 is 0.839 bits per heavy atom. The van der Waals surface area contributed by atoms with Gasteiger partial charge < -0.3 is 0 Å². The van der Waals surface area contributed by atoms with E-state index in [2.05, 4.69) is 30.7 Å². The van der Waals surface area contributed by atoms with E-state index in [1.54, 1.807) is 42.5 Å². The molecule has 0 amide bonds. The highest BCUT2D eigenvalue weighted by molar-refractivity contribution is 5.79. The molecule has 0 unspecified atom stereocenters. The largest absolute Gasteiger partial charge is 0.192 e. The molecule has 3 rings (SSSR count). The van der Waals surface area contributed by atoms with E-state index in [1.165, 1.54) is 0 Å². The molecule has 0 saturated carbocycles. The van der Waals surface area contributed by atoms with Crippen LogP contribution in [0, 0.1) is 53.3 Å². The lowest BCUT2D eigenvalue weighted by molar-refractivity contribution is 1.38. The molecule has 0 aliphatic rings. The molecule has 3 aromatic rings. The summed E-state index contributed by atoms with van der Waals surface area (Å²) in [5.74, 6) is 2.69. The first-order chi connectivity index (χ1) is 15.1. The van der Waals surface area contributed by atoms with Gasteiger partial charge in [0.1, 0.15) is 6.07 Å². The van der Waals surface area contributed by atoms with E-state index in [-0.39, 0.29) is 0 Å². The van der Waals surface area contributed by atoms with Crippen LogP contribution in [0.2, 0.25) is 0 Å². The van der Waals surface area contributed by atoms with E-state index >= 15 is 0 Å². The summed E-state index contributed by atoms with van der Waals surface area (Å²) in [5, 5.41) is 29.8. The van der Waals surface area contributed by atoms with Crippen LogP contribution in [0.15, 0.2) is 73.3 Å². The third kappa shape index (κ3) is 4.13. The minimum absolute atomic E-state index is 0.319. The summed E-state index contributed by atoms with van der Waals surface area (Å²) in [4.78, 5) is 0. The molecule has 3 aromatic carbocycles. The maximum Gasteiger partial charge on any atom is 0.100 e. The Balaban J connectivity index is 2.42. The van der Waals surface area contributed by atoms with E-state index in [9.17, 15) is 10.5 Å². The highest BCUT2D eigenvalue weighted by Crippen LogP contribution is 2.15. The fourth-order valence-electron chi connectivity index (χ4n) is 3.35. The van der Waals surface area contributed by atoms with E-state index < -0.39 is 0 Å². The molecule has 0 radical (unpaired) electrons. The number of allylic oxidation sites excluding steroid dienone is 1. The minimum Gasteiger partial charge on any atom is -0.192 e. The number of terminal acetylenes is 1. The highest BCUT2D eigenvalue weighted by atomic mass is 14.3. The predicted molar refractivity (Wildman–Crippen MR) is 122 cm³/mol. The molecule has 0 fully saturated rings. The normalized spacial score (nSPS) is 11.8. The third-order valence-corrected chi connectivity index (χ3v) is 4.97. The molecular weight excluding hydrogens is 378 g/mol. The van der Waals surface area contributed by atoms with Crippen molar-refractivity contribution >= 4 is 11.1 Å². The van der Waals surface area contributed by atoms with Crippen LogP contribution in [-0.4, -0.2) is 0 Å². The van der Waals surface area contributed by atoms with Gasteiger partial charge in [-0.15, -0.1) is 6.42 Å². The van der Waals surface area contributed by atoms with Crippen LogP contribution in [0.4, 0.5) is 0 Å². The van der Waals surface area contributed by atoms with E-state index in [0.717, 1.165) is 16.7 Å². The zero-order chi connectivity index (χ0) is 22.4. The molecule has 31 heavy (non-hydrogen) atoms. The predicted octanol–water partition coefficient (Wildman–Crippen LogP) is 3.83. The number of hydrogen-bond acceptors (Lipinski definition) is 3. The summed E-state index contributed by atoms with van der Waals surface area (Å²) in [7, 11) is 0. The fourth-order valence-corrected chi connectivity index (χ4v) is 3.35. The van der Waals surface area contributed by atoms with Gasteiger partial charge in [0.2, 0.25) is 0 Å². The van der Waals surface area contributed by atoms with Gasteiger partial charge in [-0.05, 0) is 53.1 Å². The summed E-state index contributed by atoms with van der Waals surface area (Å²) >= 11 is 0.